The van der Waals surface area contributed by atoms with Crippen LogP contribution in [-0.4, -0.2) is 108 Å². The van der Waals surface area contributed by atoms with E-state index < -0.39 is 0 Å². The first kappa shape index (κ1) is 25.0. The molecule has 192 valence electrons. The monoisotopic (exact) mass is 479 g/mol. The van der Waals surface area contributed by atoms with Crippen LogP contribution >= 0.6 is 0 Å². The second-order valence-electron chi connectivity index (χ2n) is 10.6. The fourth-order valence-corrected chi connectivity index (χ4v) is 6.31. The first-order chi connectivity index (χ1) is 16.3. The van der Waals surface area contributed by atoms with E-state index in [0.29, 0.717) is 24.8 Å². The topological polar surface area (TPSA) is 94.7 Å². The van der Waals surface area contributed by atoms with Gasteiger partial charge in [-0.2, -0.15) is 0 Å². The van der Waals surface area contributed by atoms with E-state index in [4.69, 9.17) is 9.47 Å². The number of likely N-dealkylation sites (tertiary alicyclic amines) is 1. The molecule has 3 heterocycles. The zero-order chi connectivity index (χ0) is 24.4. The van der Waals surface area contributed by atoms with Crippen molar-refractivity contribution in [2.75, 3.05) is 46.4 Å². The van der Waals surface area contributed by atoms with Crippen molar-refractivity contribution in [1.29, 1.82) is 0 Å². The summed E-state index contributed by atoms with van der Waals surface area (Å²) in [6.45, 7) is 10.5. The van der Waals surface area contributed by atoms with Gasteiger partial charge in [0.2, 0.25) is 5.91 Å². The zero-order valence-corrected chi connectivity index (χ0v) is 21.1. The van der Waals surface area contributed by atoms with Crippen LogP contribution < -0.4 is 5.43 Å². The minimum absolute atomic E-state index is 0.0567. The van der Waals surface area contributed by atoms with Crippen molar-refractivity contribution in [3.63, 3.8) is 0 Å². The first-order valence-electron chi connectivity index (χ1n) is 12.9. The molecule has 0 aromatic rings. The van der Waals surface area contributed by atoms with Crippen LogP contribution in [0.3, 0.4) is 0 Å². The normalized spacial score (nSPS) is 32.3. The minimum Gasteiger partial charge on any atom is -0.453 e. The molecule has 0 aromatic heterocycles. The highest BCUT2D eigenvalue weighted by atomic mass is 16.6. The van der Waals surface area contributed by atoms with E-state index in [2.05, 4.69) is 10.4 Å². The van der Waals surface area contributed by atoms with Crippen LogP contribution in [0.2, 0.25) is 0 Å². The standard InChI is InChI=1S/C24H41N5O5/c1-16(2)34-23(31)28-14-17(3)29(24(32)33-4)20-8-7-18(12-21(20)28)19-13-25-27(15-19)11-10-26-9-5-6-22(26)30/h16-21,25H,5-15H2,1-4H3. The smallest absolute Gasteiger partial charge is 0.410 e. The summed E-state index contributed by atoms with van der Waals surface area (Å²) in [7, 11) is 1.42. The highest BCUT2D eigenvalue weighted by Crippen LogP contribution is 2.40. The van der Waals surface area contributed by atoms with Gasteiger partial charge in [0.05, 0.1) is 31.3 Å². The molecule has 1 aliphatic carbocycles. The average molecular weight is 480 g/mol. The molecule has 34 heavy (non-hydrogen) atoms. The van der Waals surface area contributed by atoms with Crippen LogP contribution in [0.1, 0.15) is 52.9 Å². The molecule has 0 radical (unpaired) electrons. The maximum Gasteiger partial charge on any atom is 0.410 e. The van der Waals surface area contributed by atoms with Crippen LogP contribution in [0, 0.1) is 11.8 Å². The summed E-state index contributed by atoms with van der Waals surface area (Å²) in [5.74, 6) is 1.20. The fourth-order valence-electron chi connectivity index (χ4n) is 6.31. The number of fused-ring (bicyclic) bond motifs is 1. The number of ether oxygens (including phenoxy) is 2. The molecular formula is C24H41N5O5. The number of piperazine rings is 1. The molecule has 0 bridgehead atoms. The van der Waals surface area contributed by atoms with Crippen molar-refractivity contribution in [2.45, 2.75) is 77.1 Å². The molecule has 1 saturated carbocycles. The maximum atomic E-state index is 13.0. The van der Waals surface area contributed by atoms with E-state index in [1.807, 2.05) is 35.5 Å². The summed E-state index contributed by atoms with van der Waals surface area (Å²) < 4.78 is 10.7. The lowest BCUT2D eigenvalue weighted by Gasteiger charge is -2.53. The van der Waals surface area contributed by atoms with Gasteiger partial charge in [-0.05, 0) is 58.3 Å². The van der Waals surface area contributed by atoms with Gasteiger partial charge in [0, 0.05) is 45.7 Å². The number of hydrogen-bond donors (Lipinski definition) is 1. The van der Waals surface area contributed by atoms with Gasteiger partial charge < -0.3 is 19.3 Å². The Hall–Kier alpha value is -2.07. The van der Waals surface area contributed by atoms with Gasteiger partial charge in [0.15, 0.2) is 0 Å². The number of hydrogen-bond acceptors (Lipinski definition) is 7. The second kappa shape index (κ2) is 10.7. The van der Waals surface area contributed by atoms with Crippen molar-refractivity contribution in [1.82, 2.24) is 25.1 Å². The Labute approximate surface area is 202 Å². The second-order valence-corrected chi connectivity index (χ2v) is 10.6. The van der Waals surface area contributed by atoms with Gasteiger partial charge in [-0.1, -0.05) is 0 Å². The van der Waals surface area contributed by atoms with Crippen molar-refractivity contribution in [3.05, 3.63) is 0 Å². The summed E-state index contributed by atoms with van der Waals surface area (Å²) in [6, 6.07) is -0.253. The van der Waals surface area contributed by atoms with E-state index >= 15 is 0 Å². The Morgan fingerprint density at radius 2 is 1.88 bits per heavy atom. The molecule has 5 atom stereocenters. The molecular weight excluding hydrogens is 438 g/mol. The third-order valence-electron chi connectivity index (χ3n) is 7.98. The van der Waals surface area contributed by atoms with Crippen molar-refractivity contribution < 1.29 is 23.9 Å². The predicted molar refractivity (Wildman–Crippen MR) is 126 cm³/mol. The van der Waals surface area contributed by atoms with Gasteiger partial charge in [-0.25, -0.2) is 14.6 Å². The molecule has 5 unspecified atom stereocenters. The predicted octanol–water partition coefficient (Wildman–Crippen LogP) is 1.90. The highest BCUT2D eigenvalue weighted by Gasteiger charge is 2.49. The van der Waals surface area contributed by atoms with Crippen molar-refractivity contribution >= 4 is 18.1 Å². The lowest BCUT2D eigenvalue weighted by Crippen LogP contribution is -2.67. The van der Waals surface area contributed by atoms with E-state index in [9.17, 15) is 14.4 Å². The number of methoxy groups -OCH3 is 1. The van der Waals surface area contributed by atoms with E-state index in [-0.39, 0.29) is 42.3 Å². The lowest BCUT2D eigenvalue weighted by atomic mass is 9.73. The number of hydrazine groups is 1. The summed E-state index contributed by atoms with van der Waals surface area (Å²) in [5.41, 5.74) is 3.52. The lowest BCUT2D eigenvalue weighted by molar-refractivity contribution is -0.127. The molecule has 10 heteroatoms. The Morgan fingerprint density at radius 3 is 2.56 bits per heavy atom. The number of nitrogens with one attached hydrogen (secondary N) is 1. The quantitative estimate of drug-likeness (QED) is 0.644. The molecule has 1 N–H and O–H groups in total. The summed E-state index contributed by atoms with van der Waals surface area (Å²) >= 11 is 0. The van der Waals surface area contributed by atoms with Crippen LogP contribution in [0.4, 0.5) is 9.59 Å². The zero-order valence-electron chi connectivity index (χ0n) is 21.1. The Bertz CT molecular complexity index is 764. The minimum atomic E-state index is -0.317. The number of carbonyl (C=O) groups excluding carboxylic acids is 3. The van der Waals surface area contributed by atoms with Gasteiger partial charge in [-0.3, -0.25) is 15.1 Å². The molecule has 10 nitrogen and oxygen atoms in total. The van der Waals surface area contributed by atoms with E-state index in [0.717, 1.165) is 58.4 Å². The molecule has 0 aromatic carbocycles. The summed E-state index contributed by atoms with van der Waals surface area (Å²) in [6.07, 6.45) is 3.57. The van der Waals surface area contributed by atoms with Crippen LogP contribution in [0.5, 0.6) is 0 Å². The van der Waals surface area contributed by atoms with E-state index in [1.54, 1.807) is 0 Å². The van der Waals surface area contributed by atoms with Gasteiger partial charge in [0.1, 0.15) is 0 Å². The number of rotatable bonds is 5. The Kier molecular flexibility index (Phi) is 7.87. The third-order valence-corrected chi connectivity index (χ3v) is 7.98. The number of amides is 3. The Balaban J connectivity index is 1.40. The van der Waals surface area contributed by atoms with Crippen LogP contribution in [-0.2, 0) is 14.3 Å². The number of carbonyl (C=O) groups is 3. The molecule has 3 saturated heterocycles. The average Bonchev–Trinajstić information content (AvgIpc) is 3.44. The maximum absolute atomic E-state index is 13.0. The molecule has 4 fully saturated rings. The fraction of sp³-hybridized carbons (Fsp3) is 0.875. The molecule has 4 rings (SSSR count). The summed E-state index contributed by atoms with van der Waals surface area (Å²) in [5, 5.41) is 2.25. The third kappa shape index (κ3) is 5.27. The van der Waals surface area contributed by atoms with Crippen LogP contribution in [0.15, 0.2) is 0 Å². The largest absolute Gasteiger partial charge is 0.453 e. The first-order valence-corrected chi connectivity index (χ1v) is 12.9. The van der Waals surface area contributed by atoms with Gasteiger partial charge >= 0.3 is 12.2 Å². The Morgan fingerprint density at radius 1 is 1.09 bits per heavy atom. The molecule has 3 amide bonds. The SMILES string of the molecule is COC(=O)N1C(C)CN(C(=O)OC(C)C)C2CC(C3CNN(CCN4CCCC4=O)C3)CCC21. The number of nitrogens with zero attached hydrogens (tertiary/aromatic N) is 4. The van der Waals surface area contributed by atoms with E-state index in [1.165, 1.54) is 7.11 Å². The molecule has 4 aliphatic rings. The van der Waals surface area contributed by atoms with Gasteiger partial charge in [0.25, 0.3) is 0 Å². The highest BCUT2D eigenvalue weighted by molar-refractivity contribution is 5.78. The van der Waals surface area contributed by atoms with Crippen LogP contribution in [0.25, 0.3) is 0 Å². The van der Waals surface area contributed by atoms with Crippen molar-refractivity contribution in [2.24, 2.45) is 11.8 Å². The molecule has 0 spiro atoms. The van der Waals surface area contributed by atoms with Crippen molar-refractivity contribution in [3.8, 4) is 0 Å². The summed E-state index contributed by atoms with van der Waals surface area (Å²) in [4.78, 5) is 43.2. The molecule has 3 aliphatic heterocycles. The van der Waals surface area contributed by atoms with Gasteiger partial charge in [-0.15, -0.1) is 0 Å².